The SMILES string of the molecule is CCC(=S)NCC[P+](=O)O. The second-order valence-corrected chi connectivity index (χ2v) is 3.42. The predicted octanol–water partition coefficient (Wildman–Crippen LogP) is 1.05. The molecule has 0 aromatic heterocycles. The lowest BCUT2D eigenvalue weighted by Gasteiger charge is -1.98. The minimum absolute atomic E-state index is 0.273. The second kappa shape index (κ2) is 5.71. The number of hydrogen-bond acceptors (Lipinski definition) is 2. The summed E-state index contributed by atoms with van der Waals surface area (Å²) in [7, 11) is -2.01. The Hall–Kier alpha value is -0.0500. The number of rotatable bonds is 4. The Kier molecular flexibility index (Phi) is 5.69. The molecule has 0 aliphatic carbocycles. The first-order valence-electron chi connectivity index (χ1n) is 3.07. The molecular formula is C5H11NO2PS+. The highest BCUT2D eigenvalue weighted by atomic mass is 32.1. The van der Waals surface area contributed by atoms with E-state index in [4.69, 9.17) is 17.1 Å². The van der Waals surface area contributed by atoms with Crippen molar-refractivity contribution in [2.24, 2.45) is 0 Å². The third kappa shape index (κ3) is 6.08. The summed E-state index contributed by atoms with van der Waals surface area (Å²) in [5, 5.41) is 2.85. The van der Waals surface area contributed by atoms with Gasteiger partial charge in [-0.3, -0.25) is 0 Å². The normalized spacial score (nSPS) is 10.8. The maximum atomic E-state index is 10.1. The van der Waals surface area contributed by atoms with E-state index in [9.17, 15) is 4.57 Å². The first-order chi connectivity index (χ1) is 4.66. The van der Waals surface area contributed by atoms with E-state index in [1.54, 1.807) is 0 Å². The quantitative estimate of drug-likeness (QED) is 0.501. The van der Waals surface area contributed by atoms with Crippen molar-refractivity contribution >= 4 is 25.2 Å². The molecule has 0 rings (SSSR count). The lowest BCUT2D eigenvalue weighted by atomic mass is 10.5. The molecule has 5 heteroatoms. The third-order valence-electron chi connectivity index (χ3n) is 0.946. The van der Waals surface area contributed by atoms with Gasteiger partial charge in [0.15, 0.2) is 6.16 Å². The van der Waals surface area contributed by atoms with E-state index in [-0.39, 0.29) is 6.16 Å². The molecule has 0 heterocycles. The third-order valence-corrected chi connectivity index (χ3v) is 1.99. The van der Waals surface area contributed by atoms with E-state index in [1.807, 2.05) is 6.92 Å². The molecule has 0 saturated heterocycles. The molecule has 0 aromatic rings. The summed E-state index contributed by atoms with van der Waals surface area (Å²) in [6.45, 7) is 2.44. The van der Waals surface area contributed by atoms with Gasteiger partial charge in [0.05, 0.1) is 11.5 Å². The van der Waals surface area contributed by atoms with Crippen molar-refractivity contribution in [1.82, 2.24) is 5.32 Å². The van der Waals surface area contributed by atoms with Crippen molar-refractivity contribution in [2.75, 3.05) is 12.7 Å². The second-order valence-electron chi connectivity index (χ2n) is 1.78. The van der Waals surface area contributed by atoms with Crippen LogP contribution in [0.1, 0.15) is 13.3 Å². The number of hydrogen-bond donors (Lipinski definition) is 2. The molecule has 0 amide bonds. The van der Waals surface area contributed by atoms with Crippen molar-refractivity contribution in [2.45, 2.75) is 13.3 Å². The first-order valence-corrected chi connectivity index (χ1v) is 4.87. The van der Waals surface area contributed by atoms with Gasteiger partial charge in [0.2, 0.25) is 0 Å². The summed E-state index contributed by atoms with van der Waals surface area (Å²) in [4.78, 5) is 9.11. The van der Waals surface area contributed by atoms with E-state index < -0.39 is 8.03 Å². The van der Waals surface area contributed by atoms with Crippen molar-refractivity contribution in [3.63, 3.8) is 0 Å². The summed E-state index contributed by atoms with van der Waals surface area (Å²) in [6, 6.07) is 0. The van der Waals surface area contributed by atoms with Crippen molar-refractivity contribution in [1.29, 1.82) is 0 Å². The highest BCUT2D eigenvalue weighted by Crippen LogP contribution is 2.09. The molecule has 2 N–H and O–H groups in total. The van der Waals surface area contributed by atoms with E-state index in [0.717, 1.165) is 11.4 Å². The Balaban J connectivity index is 3.20. The summed E-state index contributed by atoms with van der Waals surface area (Å²) in [5.41, 5.74) is 0. The minimum atomic E-state index is -2.01. The van der Waals surface area contributed by atoms with E-state index >= 15 is 0 Å². The smallest absolute Gasteiger partial charge is 0.375 e. The Morgan fingerprint density at radius 2 is 2.40 bits per heavy atom. The van der Waals surface area contributed by atoms with Gasteiger partial charge in [-0.05, 0) is 11.0 Å². The molecule has 0 spiro atoms. The Bertz CT molecular complexity index is 140. The van der Waals surface area contributed by atoms with Crippen LogP contribution in [0.4, 0.5) is 0 Å². The average molecular weight is 180 g/mol. The fourth-order valence-corrected chi connectivity index (χ4v) is 0.821. The molecule has 0 bridgehead atoms. The van der Waals surface area contributed by atoms with Gasteiger partial charge >= 0.3 is 8.03 Å². The Labute approximate surface area is 66.7 Å². The van der Waals surface area contributed by atoms with Crippen molar-refractivity contribution < 1.29 is 9.46 Å². The van der Waals surface area contributed by atoms with Crippen LogP contribution >= 0.6 is 20.2 Å². The molecule has 58 valence electrons. The van der Waals surface area contributed by atoms with Gasteiger partial charge in [0.25, 0.3) is 0 Å². The molecule has 1 unspecified atom stereocenters. The van der Waals surface area contributed by atoms with Crippen LogP contribution in [-0.4, -0.2) is 22.6 Å². The van der Waals surface area contributed by atoms with Crippen LogP contribution in [0.15, 0.2) is 0 Å². The maximum Gasteiger partial charge on any atom is 0.507 e. The Morgan fingerprint density at radius 1 is 1.80 bits per heavy atom. The molecule has 0 radical (unpaired) electrons. The minimum Gasteiger partial charge on any atom is -0.375 e. The number of thiocarbonyl (C=S) groups is 1. The predicted molar refractivity (Wildman–Crippen MR) is 45.6 cm³/mol. The van der Waals surface area contributed by atoms with Crippen LogP contribution in [0.3, 0.4) is 0 Å². The zero-order valence-electron chi connectivity index (χ0n) is 5.83. The fraction of sp³-hybridized carbons (Fsp3) is 0.800. The lowest BCUT2D eigenvalue weighted by molar-refractivity contribution is 0.502. The summed E-state index contributed by atoms with van der Waals surface area (Å²) in [5.74, 6) is 0. The first kappa shape index (κ1) is 9.95. The van der Waals surface area contributed by atoms with Crippen LogP contribution in [0.5, 0.6) is 0 Å². The monoisotopic (exact) mass is 180 g/mol. The topological polar surface area (TPSA) is 49.3 Å². The van der Waals surface area contributed by atoms with E-state index in [1.165, 1.54) is 0 Å². The maximum absolute atomic E-state index is 10.1. The van der Waals surface area contributed by atoms with Crippen molar-refractivity contribution in [3.8, 4) is 0 Å². The van der Waals surface area contributed by atoms with Crippen LogP contribution in [0.25, 0.3) is 0 Å². The van der Waals surface area contributed by atoms with Gasteiger partial charge in [-0.2, -0.15) is 4.89 Å². The zero-order chi connectivity index (χ0) is 7.98. The summed E-state index contributed by atoms with van der Waals surface area (Å²) >= 11 is 4.82. The van der Waals surface area contributed by atoms with Crippen LogP contribution < -0.4 is 5.32 Å². The van der Waals surface area contributed by atoms with Crippen molar-refractivity contribution in [3.05, 3.63) is 0 Å². The van der Waals surface area contributed by atoms with Gasteiger partial charge in [-0.25, -0.2) is 0 Å². The molecule has 3 nitrogen and oxygen atoms in total. The zero-order valence-corrected chi connectivity index (χ0v) is 7.54. The van der Waals surface area contributed by atoms with Crippen LogP contribution in [0, 0.1) is 0 Å². The van der Waals surface area contributed by atoms with Gasteiger partial charge in [0.1, 0.15) is 0 Å². The molecule has 0 aliphatic rings. The molecule has 0 fully saturated rings. The van der Waals surface area contributed by atoms with Crippen LogP contribution in [-0.2, 0) is 4.57 Å². The molecule has 10 heavy (non-hydrogen) atoms. The average Bonchev–Trinajstić information content (AvgIpc) is 1.87. The number of nitrogens with one attached hydrogen (secondary N) is 1. The van der Waals surface area contributed by atoms with Gasteiger partial charge < -0.3 is 5.32 Å². The van der Waals surface area contributed by atoms with Gasteiger partial charge in [-0.1, -0.05) is 19.1 Å². The van der Waals surface area contributed by atoms with E-state index in [0.29, 0.717) is 6.54 Å². The molecule has 1 atom stereocenters. The summed E-state index contributed by atoms with van der Waals surface area (Å²) < 4.78 is 10.1. The molecular weight excluding hydrogens is 169 g/mol. The van der Waals surface area contributed by atoms with Crippen LogP contribution in [0.2, 0.25) is 0 Å². The highest BCUT2D eigenvalue weighted by Gasteiger charge is 2.07. The lowest BCUT2D eigenvalue weighted by Crippen LogP contribution is -2.22. The Morgan fingerprint density at radius 3 is 2.80 bits per heavy atom. The van der Waals surface area contributed by atoms with Gasteiger partial charge in [-0.15, -0.1) is 0 Å². The molecule has 0 saturated carbocycles. The summed E-state index contributed by atoms with van der Waals surface area (Å²) in [6.07, 6.45) is 1.06. The molecule has 0 aromatic carbocycles. The fourth-order valence-electron chi connectivity index (χ4n) is 0.416. The van der Waals surface area contributed by atoms with E-state index in [2.05, 4.69) is 5.32 Å². The van der Waals surface area contributed by atoms with Gasteiger partial charge in [0, 0.05) is 0 Å². The largest absolute Gasteiger partial charge is 0.507 e. The molecule has 0 aliphatic heterocycles. The highest BCUT2D eigenvalue weighted by molar-refractivity contribution is 7.80. The standard InChI is InChI=1S/C5H10NO2PS/c1-2-5(10)6-3-4-9(7)8/h2-4H2,1H3,(H-,6,7,8,10)/p+1.